The maximum Gasteiger partial charge on any atom is 0.422 e. The molecule has 1 unspecified atom stereocenters. The van der Waals surface area contributed by atoms with Gasteiger partial charge in [-0.2, -0.15) is 5.10 Å². The second kappa shape index (κ2) is 14.4. The van der Waals surface area contributed by atoms with Gasteiger partial charge in [0.05, 0.1) is 25.5 Å². The van der Waals surface area contributed by atoms with Crippen molar-refractivity contribution in [2.24, 2.45) is 0 Å². The van der Waals surface area contributed by atoms with Gasteiger partial charge in [-0.15, -0.1) is 0 Å². The average molecular weight is 687 g/mol. The SMILES string of the molecule is Cc1cc(C)c(CNC(=O)c2cc3cc(-c4cnn(C5CCN(NC(=O)OC(C)(C)C)CC5)c4)cn3c(C(C)N3CCOCC3)c2C)c(=O)[nH]1. The number of H-pyrrole nitrogens is 1. The number of hydrazine groups is 1. The first-order valence-corrected chi connectivity index (χ1v) is 17.5. The first-order valence-electron chi connectivity index (χ1n) is 17.5. The molecule has 6 heterocycles. The number of hydrogen-bond acceptors (Lipinski definition) is 8. The summed E-state index contributed by atoms with van der Waals surface area (Å²) < 4.78 is 15.3. The summed E-state index contributed by atoms with van der Waals surface area (Å²) in [7, 11) is 0. The third kappa shape index (κ3) is 7.79. The number of amides is 2. The van der Waals surface area contributed by atoms with E-state index in [2.05, 4.69) is 50.4 Å². The molecule has 4 aromatic rings. The molecule has 50 heavy (non-hydrogen) atoms. The van der Waals surface area contributed by atoms with Crippen molar-refractivity contribution in [2.75, 3.05) is 39.4 Å². The van der Waals surface area contributed by atoms with Crippen LogP contribution in [0.3, 0.4) is 0 Å². The quantitative estimate of drug-likeness (QED) is 0.240. The number of aromatic amines is 1. The molecule has 2 amide bonds. The van der Waals surface area contributed by atoms with Crippen molar-refractivity contribution >= 4 is 17.5 Å². The van der Waals surface area contributed by atoms with Crippen molar-refractivity contribution in [3.05, 3.63) is 80.8 Å². The molecule has 2 aliphatic heterocycles. The van der Waals surface area contributed by atoms with Gasteiger partial charge in [-0.05, 0) is 90.6 Å². The predicted molar refractivity (Wildman–Crippen MR) is 191 cm³/mol. The Morgan fingerprint density at radius 3 is 2.44 bits per heavy atom. The van der Waals surface area contributed by atoms with Gasteiger partial charge in [0.25, 0.3) is 11.5 Å². The third-order valence-electron chi connectivity index (χ3n) is 9.76. The smallest absolute Gasteiger partial charge is 0.422 e. The Morgan fingerprint density at radius 2 is 1.76 bits per heavy atom. The third-order valence-corrected chi connectivity index (χ3v) is 9.76. The number of nitrogens with one attached hydrogen (secondary N) is 3. The highest BCUT2D eigenvalue weighted by atomic mass is 16.6. The van der Waals surface area contributed by atoms with E-state index in [1.807, 2.05) is 69.6 Å². The van der Waals surface area contributed by atoms with Crippen LogP contribution in [0.4, 0.5) is 4.79 Å². The number of ether oxygens (including phenoxy) is 2. The molecule has 2 fully saturated rings. The summed E-state index contributed by atoms with van der Waals surface area (Å²) in [5.41, 5.74) is 9.75. The van der Waals surface area contributed by atoms with E-state index in [-0.39, 0.29) is 30.1 Å². The van der Waals surface area contributed by atoms with Crippen LogP contribution in [0.2, 0.25) is 0 Å². The van der Waals surface area contributed by atoms with Crippen LogP contribution in [-0.4, -0.2) is 86.1 Å². The Balaban J connectivity index is 1.25. The Bertz CT molecular complexity index is 1920. The molecule has 3 N–H and O–H groups in total. The van der Waals surface area contributed by atoms with Gasteiger partial charge in [-0.3, -0.25) is 24.6 Å². The Labute approximate surface area is 292 Å². The summed E-state index contributed by atoms with van der Waals surface area (Å²) >= 11 is 0. The Morgan fingerprint density at radius 1 is 1.04 bits per heavy atom. The number of morpholine rings is 1. The number of aryl methyl sites for hydroxylation is 2. The predicted octanol–water partition coefficient (Wildman–Crippen LogP) is 4.82. The van der Waals surface area contributed by atoms with E-state index in [9.17, 15) is 14.4 Å². The first-order chi connectivity index (χ1) is 23.8. The van der Waals surface area contributed by atoms with Crippen LogP contribution in [0.25, 0.3) is 16.6 Å². The number of aromatic nitrogens is 4. The van der Waals surface area contributed by atoms with Gasteiger partial charge >= 0.3 is 6.09 Å². The van der Waals surface area contributed by atoms with Crippen molar-refractivity contribution in [1.82, 2.24) is 39.8 Å². The van der Waals surface area contributed by atoms with Gasteiger partial charge < -0.3 is 24.2 Å². The number of rotatable bonds is 8. The molecule has 4 aromatic heterocycles. The van der Waals surface area contributed by atoms with Crippen molar-refractivity contribution in [3.63, 3.8) is 0 Å². The molecule has 0 spiro atoms. The minimum atomic E-state index is -0.547. The molecule has 13 nitrogen and oxygen atoms in total. The molecular formula is C37H50N8O5. The highest BCUT2D eigenvalue weighted by Crippen LogP contribution is 2.33. The van der Waals surface area contributed by atoms with Crippen LogP contribution in [0.5, 0.6) is 0 Å². The number of pyridine rings is 2. The van der Waals surface area contributed by atoms with Crippen molar-refractivity contribution < 1.29 is 19.1 Å². The average Bonchev–Trinajstić information content (AvgIpc) is 3.71. The topological polar surface area (TPSA) is 138 Å². The van der Waals surface area contributed by atoms with Crippen LogP contribution in [0.1, 0.15) is 91.1 Å². The lowest BCUT2D eigenvalue weighted by Crippen LogP contribution is -2.48. The van der Waals surface area contributed by atoms with Gasteiger partial charge in [-0.1, -0.05) is 0 Å². The molecule has 2 aliphatic rings. The number of fused-ring (bicyclic) bond motifs is 1. The lowest BCUT2D eigenvalue weighted by molar-refractivity contribution is 0.0187. The number of carbonyl (C=O) groups excluding carboxylic acids is 2. The fourth-order valence-electron chi connectivity index (χ4n) is 7.14. The summed E-state index contributed by atoms with van der Waals surface area (Å²) in [4.78, 5) is 43.9. The van der Waals surface area contributed by atoms with Crippen molar-refractivity contribution in [1.29, 1.82) is 0 Å². The summed E-state index contributed by atoms with van der Waals surface area (Å²) in [6.07, 6.45) is 7.35. The summed E-state index contributed by atoms with van der Waals surface area (Å²) in [6, 6.07) is 6.19. The lowest BCUT2D eigenvalue weighted by Gasteiger charge is -2.34. The zero-order chi connectivity index (χ0) is 35.7. The van der Waals surface area contributed by atoms with Crippen LogP contribution < -0.4 is 16.3 Å². The molecule has 1 atom stereocenters. The van der Waals surface area contributed by atoms with E-state index in [0.29, 0.717) is 37.4 Å². The number of hydrogen-bond donors (Lipinski definition) is 3. The number of carbonyl (C=O) groups is 2. The summed E-state index contributed by atoms with van der Waals surface area (Å²) in [5, 5.41) is 9.68. The summed E-state index contributed by atoms with van der Waals surface area (Å²) in [5.74, 6) is -0.220. The molecule has 268 valence electrons. The highest BCUT2D eigenvalue weighted by molar-refractivity contribution is 5.97. The van der Waals surface area contributed by atoms with Gasteiger partial charge in [0.1, 0.15) is 5.60 Å². The maximum absolute atomic E-state index is 13.8. The standard InChI is InChI=1S/C37H50N8O5/c1-23-16-24(2)40-35(47)32(23)20-38-34(46)31-18-30-17-27(21-44(30)33(25(31)3)26(4)42-12-14-49-15-13-42)28-19-39-45(22-28)29-8-10-43(11-9-29)41-36(48)50-37(5,6)7/h16-19,21-22,26,29H,8-15,20H2,1-7H3,(H,38,46)(H,40,47)(H,41,48). The van der Waals surface area contributed by atoms with E-state index in [4.69, 9.17) is 14.6 Å². The normalized spacial score (nSPS) is 17.2. The first kappa shape index (κ1) is 35.4. The number of nitrogens with zero attached hydrogens (tertiary/aromatic N) is 5. The van der Waals surface area contributed by atoms with Gasteiger partial charge in [0.15, 0.2) is 0 Å². The Hall–Kier alpha value is -4.46. The number of piperidine rings is 1. The van der Waals surface area contributed by atoms with Crippen LogP contribution in [-0.2, 0) is 16.0 Å². The second-order valence-electron chi connectivity index (χ2n) is 14.6. The molecule has 13 heteroatoms. The van der Waals surface area contributed by atoms with Crippen LogP contribution >= 0.6 is 0 Å². The summed E-state index contributed by atoms with van der Waals surface area (Å²) in [6.45, 7) is 18.0. The molecule has 0 aromatic carbocycles. The largest absolute Gasteiger partial charge is 0.443 e. The van der Waals surface area contributed by atoms with E-state index < -0.39 is 11.7 Å². The monoisotopic (exact) mass is 686 g/mol. The van der Waals surface area contributed by atoms with Gasteiger partial charge in [0.2, 0.25) is 0 Å². The second-order valence-corrected chi connectivity index (χ2v) is 14.6. The Kier molecular flexibility index (Phi) is 10.2. The highest BCUT2D eigenvalue weighted by Gasteiger charge is 2.27. The van der Waals surface area contributed by atoms with E-state index in [0.717, 1.165) is 65.1 Å². The van der Waals surface area contributed by atoms with E-state index in [1.54, 1.807) is 0 Å². The van der Waals surface area contributed by atoms with Crippen molar-refractivity contribution in [3.8, 4) is 11.1 Å². The fraction of sp³-hybridized carbons (Fsp3) is 0.514. The molecule has 2 saturated heterocycles. The molecule has 0 radical (unpaired) electrons. The minimum absolute atomic E-state index is 0.0267. The lowest BCUT2D eigenvalue weighted by atomic mass is 10.0. The van der Waals surface area contributed by atoms with Crippen molar-refractivity contribution in [2.45, 2.75) is 85.5 Å². The van der Waals surface area contributed by atoms with Gasteiger partial charge in [-0.25, -0.2) is 9.80 Å². The zero-order valence-corrected chi connectivity index (χ0v) is 30.3. The van der Waals surface area contributed by atoms with Gasteiger partial charge in [0, 0.05) is 90.3 Å². The molecule has 0 aliphatic carbocycles. The fourth-order valence-corrected chi connectivity index (χ4v) is 7.14. The molecule has 0 saturated carbocycles. The van der Waals surface area contributed by atoms with Crippen LogP contribution in [0.15, 0.2) is 41.6 Å². The van der Waals surface area contributed by atoms with E-state index >= 15 is 0 Å². The minimum Gasteiger partial charge on any atom is -0.443 e. The molecule has 0 bridgehead atoms. The molecule has 6 rings (SSSR count). The zero-order valence-electron chi connectivity index (χ0n) is 30.3. The van der Waals surface area contributed by atoms with Crippen LogP contribution in [0, 0.1) is 20.8 Å². The van der Waals surface area contributed by atoms with E-state index in [1.165, 1.54) is 0 Å². The maximum atomic E-state index is 13.8. The molecular weight excluding hydrogens is 636 g/mol.